The van der Waals surface area contributed by atoms with E-state index in [2.05, 4.69) is 5.32 Å². The number of hydrogen-bond donors (Lipinski definition) is 2. The number of nitrogens with one attached hydrogen (secondary N) is 1. The van der Waals surface area contributed by atoms with Crippen LogP contribution in [0.5, 0.6) is 0 Å². The van der Waals surface area contributed by atoms with Gasteiger partial charge in [0.05, 0.1) is 6.10 Å². The van der Waals surface area contributed by atoms with Gasteiger partial charge in [0, 0.05) is 38.7 Å². The Kier molecular flexibility index (Phi) is 6.96. The summed E-state index contributed by atoms with van der Waals surface area (Å²) in [6.45, 7) is 1.26. The highest BCUT2D eigenvalue weighted by atomic mass is 16.5. The summed E-state index contributed by atoms with van der Waals surface area (Å²) >= 11 is 0. The number of aliphatic hydroxyl groups is 1. The van der Waals surface area contributed by atoms with Crippen LogP contribution in [-0.4, -0.2) is 61.3 Å². The average molecular weight is 332 g/mol. The first-order valence-electron chi connectivity index (χ1n) is 8.06. The summed E-state index contributed by atoms with van der Waals surface area (Å²) in [6, 6.07) is 9.60. The van der Waals surface area contributed by atoms with Crippen molar-refractivity contribution in [2.24, 2.45) is 5.92 Å². The molecule has 1 aromatic carbocycles. The number of carbonyl (C=O) groups is 2. The molecule has 1 aromatic rings. The molecule has 1 saturated heterocycles. The van der Waals surface area contributed by atoms with Crippen molar-refractivity contribution in [3.8, 4) is 0 Å². The molecule has 24 heavy (non-hydrogen) atoms. The Hall–Kier alpha value is -2.18. The number of ether oxygens (including phenoxy) is 1. The van der Waals surface area contributed by atoms with E-state index in [-0.39, 0.29) is 30.9 Å². The molecule has 0 saturated carbocycles. The van der Waals surface area contributed by atoms with E-state index >= 15 is 0 Å². The van der Waals surface area contributed by atoms with Gasteiger partial charge in [-0.2, -0.15) is 0 Å². The fourth-order valence-corrected chi connectivity index (χ4v) is 2.68. The van der Waals surface area contributed by atoms with Crippen LogP contribution < -0.4 is 5.32 Å². The first-order chi connectivity index (χ1) is 11.6. The summed E-state index contributed by atoms with van der Waals surface area (Å²) in [6.07, 6.45) is 3.31. The lowest BCUT2D eigenvalue weighted by molar-refractivity contribution is -0.131. The normalized spacial score (nSPS) is 21.0. The van der Waals surface area contributed by atoms with Crippen molar-refractivity contribution in [2.45, 2.75) is 12.5 Å². The number of β-amino-alcohol motifs (C(OH)–C–C–N with tert-alkyl or cyclic N) is 1. The van der Waals surface area contributed by atoms with Crippen LogP contribution in [-0.2, 0) is 14.3 Å². The highest BCUT2D eigenvalue weighted by Crippen LogP contribution is 2.18. The number of benzene rings is 1. The Morgan fingerprint density at radius 3 is 2.79 bits per heavy atom. The van der Waals surface area contributed by atoms with Gasteiger partial charge in [0.25, 0.3) is 0 Å². The minimum atomic E-state index is -0.643. The second-order valence-electron chi connectivity index (χ2n) is 5.88. The molecule has 0 spiro atoms. The summed E-state index contributed by atoms with van der Waals surface area (Å²) in [5.74, 6) is -0.360. The molecule has 1 aliphatic heterocycles. The minimum Gasteiger partial charge on any atom is -0.391 e. The summed E-state index contributed by atoms with van der Waals surface area (Å²) in [4.78, 5) is 25.2. The van der Waals surface area contributed by atoms with Crippen LogP contribution in [0.4, 0.5) is 0 Å². The first-order valence-corrected chi connectivity index (χ1v) is 8.06. The lowest BCUT2D eigenvalue weighted by Gasteiger charge is -2.35. The van der Waals surface area contributed by atoms with E-state index in [1.165, 1.54) is 13.2 Å². The zero-order valence-corrected chi connectivity index (χ0v) is 13.9. The zero-order chi connectivity index (χ0) is 17.4. The van der Waals surface area contributed by atoms with Crippen LogP contribution in [0.3, 0.4) is 0 Å². The highest BCUT2D eigenvalue weighted by Gasteiger charge is 2.29. The molecule has 2 atom stereocenters. The van der Waals surface area contributed by atoms with Gasteiger partial charge in [-0.3, -0.25) is 9.59 Å². The van der Waals surface area contributed by atoms with E-state index in [1.807, 2.05) is 30.3 Å². The number of likely N-dealkylation sites (tertiary alicyclic amines) is 1. The third-order valence-corrected chi connectivity index (χ3v) is 4.09. The monoisotopic (exact) mass is 332 g/mol. The number of rotatable bonds is 6. The standard InChI is InChI=1S/C18H24N2O4/c1-24-13-17(22)19-11-15-9-10-20(12-16(15)21)18(23)8-7-14-5-3-2-4-6-14/h2-8,15-16,21H,9-13H2,1H3,(H,19,22)/b8-7+/t15-,16+/m0/s1. The van der Waals surface area contributed by atoms with Crippen LogP contribution in [0.1, 0.15) is 12.0 Å². The average Bonchev–Trinajstić information content (AvgIpc) is 2.59. The van der Waals surface area contributed by atoms with Gasteiger partial charge >= 0.3 is 0 Å². The molecule has 130 valence electrons. The lowest BCUT2D eigenvalue weighted by atomic mass is 9.93. The Labute approximate surface area is 142 Å². The van der Waals surface area contributed by atoms with Gasteiger partial charge in [-0.05, 0) is 18.1 Å². The molecule has 1 aliphatic rings. The molecule has 6 nitrogen and oxygen atoms in total. The van der Waals surface area contributed by atoms with Gasteiger partial charge in [-0.15, -0.1) is 0 Å². The van der Waals surface area contributed by atoms with Crippen LogP contribution in [0.25, 0.3) is 6.08 Å². The van der Waals surface area contributed by atoms with Crippen LogP contribution in [0, 0.1) is 5.92 Å². The molecule has 1 heterocycles. The Morgan fingerprint density at radius 1 is 1.38 bits per heavy atom. The summed E-state index contributed by atoms with van der Waals surface area (Å²) < 4.78 is 4.75. The van der Waals surface area contributed by atoms with Crippen molar-refractivity contribution in [2.75, 3.05) is 33.4 Å². The Balaban J connectivity index is 1.80. The van der Waals surface area contributed by atoms with Gasteiger partial charge in [0.1, 0.15) is 6.61 Å². The molecule has 0 unspecified atom stereocenters. The molecule has 0 bridgehead atoms. The van der Waals surface area contributed by atoms with E-state index in [9.17, 15) is 14.7 Å². The zero-order valence-electron chi connectivity index (χ0n) is 13.9. The molecule has 2 N–H and O–H groups in total. The van der Waals surface area contributed by atoms with E-state index in [1.54, 1.807) is 11.0 Å². The maximum Gasteiger partial charge on any atom is 0.246 e. The van der Waals surface area contributed by atoms with Gasteiger partial charge in [0.2, 0.25) is 11.8 Å². The number of hydrogen-bond acceptors (Lipinski definition) is 4. The minimum absolute atomic E-state index is 0.0116. The van der Waals surface area contributed by atoms with Gasteiger partial charge in [-0.1, -0.05) is 30.3 Å². The molecular weight excluding hydrogens is 308 g/mol. The third kappa shape index (κ3) is 5.47. The fourth-order valence-electron chi connectivity index (χ4n) is 2.68. The maximum atomic E-state index is 12.2. The van der Waals surface area contributed by atoms with Crippen molar-refractivity contribution < 1.29 is 19.4 Å². The molecule has 2 amide bonds. The van der Waals surface area contributed by atoms with Crippen LogP contribution in [0.2, 0.25) is 0 Å². The topological polar surface area (TPSA) is 78.9 Å². The Morgan fingerprint density at radius 2 is 2.12 bits per heavy atom. The van der Waals surface area contributed by atoms with Crippen molar-refractivity contribution in [1.29, 1.82) is 0 Å². The van der Waals surface area contributed by atoms with E-state index in [4.69, 9.17) is 4.74 Å². The van der Waals surface area contributed by atoms with E-state index < -0.39 is 6.10 Å². The predicted octanol–water partition coefficient (Wildman–Crippen LogP) is 0.672. The van der Waals surface area contributed by atoms with Gasteiger partial charge in [0.15, 0.2) is 0 Å². The van der Waals surface area contributed by atoms with Crippen LogP contribution in [0.15, 0.2) is 36.4 Å². The molecule has 2 rings (SSSR count). The lowest BCUT2D eigenvalue weighted by Crippen LogP contribution is -2.49. The number of carbonyl (C=O) groups excluding carboxylic acids is 2. The highest BCUT2D eigenvalue weighted by molar-refractivity contribution is 5.91. The van der Waals surface area contributed by atoms with Crippen LogP contribution >= 0.6 is 0 Å². The van der Waals surface area contributed by atoms with Crippen molar-refractivity contribution in [3.05, 3.63) is 42.0 Å². The maximum absolute atomic E-state index is 12.2. The molecule has 6 heteroatoms. The molecular formula is C18H24N2O4. The van der Waals surface area contributed by atoms with Crippen molar-refractivity contribution in [1.82, 2.24) is 10.2 Å². The molecule has 1 fully saturated rings. The second-order valence-corrected chi connectivity index (χ2v) is 5.88. The summed E-state index contributed by atoms with van der Waals surface area (Å²) in [5, 5.41) is 12.9. The molecule has 0 aliphatic carbocycles. The third-order valence-electron chi connectivity index (χ3n) is 4.09. The van der Waals surface area contributed by atoms with Gasteiger partial charge in [-0.25, -0.2) is 0 Å². The number of aliphatic hydroxyl groups excluding tert-OH is 1. The Bertz CT molecular complexity index is 574. The molecule has 0 aromatic heterocycles. The first kappa shape index (κ1) is 18.2. The van der Waals surface area contributed by atoms with E-state index in [0.717, 1.165) is 5.56 Å². The second kappa shape index (κ2) is 9.20. The number of nitrogens with zero attached hydrogens (tertiary/aromatic N) is 1. The fraction of sp³-hybridized carbons (Fsp3) is 0.444. The number of piperidine rings is 1. The predicted molar refractivity (Wildman–Crippen MR) is 91.1 cm³/mol. The summed E-state index contributed by atoms with van der Waals surface area (Å²) in [7, 11) is 1.46. The quantitative estimate of drug-likeness (QED) is 0.751. The molecule has 0 radical (unpaired) electrons. The van der Waals surface area contributed by atoms with Crippen molar-refractivity contribution >= 4 is 17.9 Å². The van der Waals surface area contributed by atoms with Crippen molar-refractivity contribution in [3.63, 3.8) is 0 Å². The van der Waals surface area contributed by atoms with E-state index in [0.29, 0.717) is 19.5 Å². The number of amides is 2. The number of methoxy groups -OCH3 is 1. The smallest absolute Gasteiger partial charge is 0.246 e. The van der Waals surface area contributed by atoms with Gasteiger partial charge < -0.3 is 20.1 Å². The SMILES string of the molecule is COCC(=O)NC[C@@H]1CCN(C(=O)/C=C/c2ccccc2)C[C@H]1O. The summed E-state index contributed by atoms with van der Waals surface area (Å²) in [5.41, 5.74) is 0.960. The largest absolute Gasteiger partial charge is 0.391 e.